The largest absolute Gasteiger partial charge is 0.352 e. The number of amides is 2. The molecule has 0 spiro atoms. The van der Waals surface area contributed by atoms with Gasteiger partial charge in [-0.25, -0.2) is 12.8 Å². The molecule has 0 unspecified atom stereocenters. The summed E-state index contributed by atoms with van der Waals surface area (Å²) in [6.07, 6.45) is 1.96. The number of sulfonamides is 1. The molecule has 39 heavy (non-hydrogen) atoms. The van der Waals surface area contributed by atoms with Gasteiger partial charge in [-0.05, 0) is 83.5 Å². The highest BCUT2D eigenvalue weighted by atomic mass is 127. The number of carbonyl (C=O) groups is 2. The normalized spacial score (nSPS) is 12.8. The van der Waals surface area contributed by atoms with Crippen LogP contribution < -0.4 is 9.62 Å². The lowest BCUT2D eigenvalue weighted by atomic mass is 10.0. The maximum atomic E-state index is 14.0. The highest BCUT2D eigenvalue weighted by Gasteiger charge is 2.33. The predicted octanol–water partition coefficient (Wildman–Crippen LogP) is 4.75. The van der Waals surface area contributed by atoms with Gasteiger partial charge in [-0.1, -0.05) is 49.4 Å². The molecule has 10 heteroatoms. The molecular weight excluding hydrogens is 632 g/mol. The third kappa shape index (κ3) is 9.03. The van der Waals surface area contributed by atoms with Crippen molar-refractivity contribution in [1.29, 1.82) is 0 Å². The van der Waals surface area contributed by atoms with Gasteiger partial charge in [-0.2, -0.15) is 0 Å². The first-order valence-corrected chi connectivity index (χ1v) is 15.5. The van der Waals surface area contributed by atoms with Crippen LogP contribution in [-0.2, 0) is 32.6 Å². The van der Waals surface area contributed by atoms with Crippen LogP contribution in [0.25, 0.3) is 0 Å². The first kappa shape index (κ1) is 30.6. The monoisotopic (exact) mass is 665 g/mol. The van der Waals surface area contributed by atoms with E-state index in [9.17, 15) is 22.4 Å². The summed E-state index contributed by atoms with van der Waals surface area (Å²) >= 11 is 2.12. The fraction of sp³-hybridized carbons (Fsp3) is 0.310. The van der Waals surface area contributed by atoms with Crippen LogP contribution in [0.1, 0.15) is 31.4 Å². The van der Waals surface area contributed by atoms with Crippen molar-refractivity contribution in [3.8, 4) is 0 Å². The van der Waals surface area contributed by atoms with E-state index in [2.05, 4.69) is 27.9 Å². The van der Waals surface area contributed by atoms with Gasteiger partial charge in [0.2, 0.25) is 21.8 Å². The molecule has 0 fully saturated rings. The first-order valence-electron chi connectivity index (χ1n) is 12.6. The summed E-state index contributed by atoms with van der Waals surface area (Å²) in [6.45, 7) is 3.33. The van der Waals surface area contributed by atoms with E-state index < -0.39 is 34.3 Å². The van der Waals surface area contributed by atoms with Gasteiger partial charge in [0.15, 0.2) is 0 Å². The molecule has 3 aromatic rings. The Morgan fingerprint density at radius 3 is 2.13 bits per heavy atom. The van der Waals surface area contributed by atoms with E-state index in [1.165, 1.54) is 17.0 Å². The van der Waals surface area contributed by atoms with Crippen molar-refractivity contribution in [2.45, 2.75) is 45.3 Å². The van der Waals surface area contributed by atoms with Crippen LogP contribution in [0.3, 0.4) is 0 Å². The van der Waals surface area contributed by atoms with E-state index in [4.69, 9.17) is 0 Å². The Bertz CT molecular complexity index is 1350. The number of carbonyl (C=O) groups excluding carboxylic acids is 2. The van der Waals surface area contributed by atoms with Gasteiger partial charge in [0.25, 0.3) is 0 Å². The smallest absolute Gasteiger partial charge is 0.244 e. The second kappa shape index (κ2) is 13.9. The summed E-state index contributed by atoms with van der Waals surface area (Å²) in [5, 5.41) is 2.98. The number of hydrogen-bond acceptors (Lipinski definition) is 4. The second-order valence-corrected chi connectivity index (χ2v) is 12.6. The zero-order valence-corrected chi connectivity index (χ0v) is 25.2. The number of halogens is 2. The number of benzene rings is 3. The minimum atomic E-state index is -3.83. The van der Waals surface area contributed by atoms with Gasteiger partial charge in [-0.15, -0.1) is 0 Å². The topological polar surface area (TPSA) is 86.8 Å². The Kier molecular flexibility index (Phi) is 10.9. The minimum Gasteiger partial charge on any atom is -0.352 e. The fourth-order valence-electron chi connectivity index (χ4n) is 4.00. The average Bonchev–Trinajstić information content (AvgIpc) is 2.90. The third-order valence-electron chi connectivity index (χ3n) is 6.33. The van der Waals surface area contributed by atoms with Gasteiger partial charge in [-0.3, -0.25) is 13.9 Å². The zero-order chi connectivity index (χ0) is 28.6. The zero-order valence-electron chi connectivity index (χ0n) is 22.2. The molecule has 0 aliphatic carbocycles. The van der Waals surface area contributed by atoms with Crippen molar-refractivity contribution in [3.63, 3.8) is 0 Å². The van der Waals surface area contributed by atoms with Crippen molar-refractivity contribution >= 4 is 50.1 Å². The molecule has 0 saturated heterocycles. The van der Waals surface area contributed by atoms with Gasteiger partial charge >= 0.3 is 0 Å². The van der Waals surface area contributed by atoms with Crippen molar-refractivity contribution in [1.82, 2.24) is 10.2 Å². The number of anilines is 1. The molecule has 0 bridgehead atoms. The Hall–Kier alpha value is -2.99. The van der Waals surface area contributed by atoms with Gasteiger partial charge < -0.3 is 10.2 Å². The average molecular weight is 666 g/mol. The molecule has 0 saturated carbocycles. The third-order valence-corrected chi connectivity index (χ3v) is 8.19. The Labute approximate surface area is 243 Å². The molecule has 3 rings (SSSR count). The fourth-order valence-corrected chi connectivity index (χ4v) is 5.21. The molecule has 7 nitrogen and oxygen atoms in total. The summed E-state index contributed by atoms with van der Waals surface area (Å²) < 4.78 is 41.2. The SMILES string of the molecule is CC[C@H](C)NC(=O)[C@@H](Cc1ccccc1)N(Cc1ccc(F)cc1)C(=O)CN(c1ccc(I)cc1)S(C)(=O)=O. The van der Waals surface area contributed by atoms with E-state index in [1.54, 1.807) is 36.4 Å². The maximum absolute atomic E-state index is 14.0. The van der Waals surface area contributed by atoms with E-state index in [1.807, 2.05) is 44.2 Å². The molecular formula is C29H33FIN3O4S. The Morgan fingerprint density at radius 2 is 1.56 bits per heavy atom. The lowest BCUT2D eigenvalue weighted by Gasteiger charge is -2.34. The number of nitrogens with one attached hydrogen (secondary N) is 1. The number of rotatable bonds is 12. The van der Waals surface area contributed by atoms with Gasteiger partial charge in [0, 0.05) is 22.6 Å². The van der Waals surface area contributed by atoms with Crippen molar-refractivity contribution in [2.24, 2.45) is 0 Å². The van der Waals surface area contributed by atoms with Gasteiger partial charge in [0.05, 0.1) is 11.9 Å². The maximum Gasteiger partial charge on any atom is 0.244 e. The summed E-state index contributed by atoms with van der Waals surface area (Å²) in [7, 11) is -3.83. The summed E-state index contributed by atoms with van der Waals surface area (Å²) in [6, 6.07) is 20.7. The highest BCUT2D eigenvalue weighted by Crippen LogP contribution is 2.21. The van der Waals surface area contributed by atoms with Crippen LogP contribution >= 0.6 is 22.6 Å². The first-order chi connectivity index (χ1) is 18.5. The Balaban J connectivity index is 2.04. The number of hydrogen-bond donors (Lipinski definition) is 1. The van der Waals surface area contributed by atoms with E-state index in [-0.39, 0.29) is 24.9 Å². The summed E-state index contributed by atoms with van der Waals surface area (Å²) in [5.41, 5.74) is 1.80. The standard InChI is InChI=1S/C29H33FIN3O4S/c1-4-21(2)32-29(36)27(18-22-8-6-5-7-9-22)33(19-23-10-12-24(30)13-11-23)28(35)20-34(39(3,37)38)26-16-14-25(31)15-17-26/h5-17,21,27H,4,18-20H2,1-3H3,(H,32,36)/t21-,27+/m0/s1. The van der Waals surface area contributed by atoms with Crippen molar-refractivity contribution in [3.05, 3.63) is 99.4 Å². The van der Waals surface area contributed by atoms with Gasteiger partial charge in [0.1, 0.15) is 18.4 Å². The molecule has 208 valence electrons. The van der Waals surface area contributed by atoms with E-state index >= 15 is 0 Å². The lowest BCUT2D eigenvalue weighted by Crippen LogP contribution is -2.54. The predicted molar refractivity (Wildman–Crippen MR) is 160 cm³/mol. The van der Waals surface area contributed by atoms with Crippen molar-refractivity contribution in [2.75, 3.05) is 17.1 Å². The van der Waals surface area contributed by atoms with E-state index in [0.29, 0.717) is 17.7 Å². The lowest BCUT2D eigenvalue weighted by molar-refractivity contribution is -0.140. The summed E-state index contributed by atoms with van der Waals surface area (Å²) in [4.78, 5) is 29.0. The second-order valence-electron chi connectivity index (χ2n) is 9.42. The molecule has 0 aliphatic heterocycles. The van der Waals surface area contributed by atoms with Crippen LogP contribution in [-0.4, -0.2) is 50.0 Å². The molecule has 2 atom stereocenters. The molecule has 2 amide bonds. The molecule has 1 N–H and O–H groups in total. The summed E-state index contributed by atoms with van der Waals surface area (Å²) in [5.74, 6) is -1.32. The van der Waals surface area contributed by atoms with Crippen LogP contribution in [0, 0.1) is 9.39 Å². The van der Waals surface area contributed by atoms with Crippen LogP contribution in [0.15, 0.2) is 78.9 Å². The number of nitrogens with zero attached hydrogens (tertiary/aromatic N) is 2. The quantitative estimate of drug-likeness (QED) is 0.283. The van der Waals surface area contributed by atoms with Crippen LogP contribution in [0.5, 0.6) is 0 Å². The van der Waals surface area contributed by atoms with Crippen LogP contribution in [0.4, 0.5) is 10.1 Å². The molecule has 0 aromatic heterocycles. The van der Waals surface area contributed by atoms with Crippen molar-refractivity contribution < 1.29 is 22.4 Å². The van der Waals surface area contributed by atoms with Crippen LogP contribution in [0.2, 0.25) is 0 Å². The minimum absolute atomic E-state index is 0.00513. The molecule has 0 radical (unpaired) electrons. The molecule has 0 heterocycles. The molecule has 0 aliphatic rings. The highest BCUT2D eigenvalue weighted by molar-refractivity contribution is 14.1. The Morgan fingerprint density at radius 1 is 0.949 bits per heavy atom. The molecule has 3 aromatic carbocycles. The van der Waals surface area contributed by atoms with E-state index in [0.717, 1.165) is 19.7 Å².